The average Bonchev–Trinajstić information content (AvgIpc) is 2.75. The molecule has 1 amide bonds. The summed E-state index contributed by atoms with van der Waals surface area (Å²) in [5, 5.41) is 14.5. The van der Waals surface area contributed by atoms with Crippen LogP contribution < -0.4 is 25.5 Å². The number of aryl methyl sites for hydroxylation is 1. The molecule has 31 heavy (non-hydrogen) atoms. The van der Waals surface area contributed by atoms with Crippen molar-refractivity contribution in [2.75, 3.05) is 14.2 Å². The first-order chi connectivity index (χ1) is 14.8. The van der Waals surface area contributed by atoms with Crippen molar-refractivity contribution in [2.45, 2.75) is 25.8 Å². The highest BCUT2D eigenvalue weighted by Gasteiger charge is 2.21. The molecule has 8 nitrogen and oxygen atoms in total. The fraction of sp³-hybridized carbons (Fsp3) is 0.261. The number of ether oxygens (including phenoxy) is 2. The molecule has 162 valence electrons. The highest BCUT2D eigenvalue weighted by atomic mass is 16.5. The quantitative estimate of drug-likeness (QED) is 0.539. The SMILES string of the molecule is COc1cc(OC)c2c(C)c(CC(=O)N[C@@H](Cc3ccccc3)C(=O)[O-])c(=O)oc2c1. The van der Waals surface area contributed by atoms with Gasteiger partial charge in [-0.05, 0) is 24.5 Å². The summed E-state index contributed by atoms with van der Waals surface area (Å²) in [5.41, 5.74) is 0.930. The smallest absolute Gasteiger partial charge is 0.340 e. The van der Waals surface area contributed by atoms with Gasteiger partial charge >= 0.3 is 5.63 Å². The van der Waals surface area contributed by atoms with E-state index in [0.29, 0.717) is 22.4 Å². The molecule has 0 unspecified atom stereocenters. The standard InChI is InChI=1S/C23H23NO7/c1-13-16(23(28)31-19-11-15(29-2)10-18(30-3)21(13)19)12-20(25)24-17(22(26)27)9-14-7-5-4-6-8-14/h4-8,10-11,17H,9,12H2,1-3H3,(H,24,25)(H,26,27)/p-1/t17-/m0/s1. The fourth-order valence-corrected chi connectivity index (χ4v) is 3.41. The number of methoxy groups -OCH3 is 2. The third-order valence-electron chi connectivity index (χ3n) is 5.01. The molecule has 1 aromatic heterocycles. The average molecular weight is 424 g/mol. The lowest BCUT2D eigenvalue weighted by molar-refractivity contribution is -0.308. The summed E-state index contributed by atoms with van der Waals surface area (Å²) >= 11 is 0. The van der Waals surface area contributed by atoms with Gasteiger partial charge in [-0.15, -0.1) is 0 Å². The lowest BCUT2D eigenvalue weighted by Gasteiger charge is -2.20. The Morgan fingerprint density at radius 3 is 2.45 bits per heavy atom. The summed E-state index contributed by atoms with van der Waals surface area (Å²) in [6.07, 6.45) is -0.286. The lowest BCUT2D eigenvalue weighted by atomic mass is 10.0. The molecule has 2 aromatic carbocycles. The fourth-order valence-electron chi connectivity index (χ4n) is 3.41. The molecule has 3 rings (SSSR count). The molecule has 1 atom stereocenters. The number of aliphatic carboxylic acids is 1. The number of hydrogen-bond donors (Lipinski definition) is 1. The van der Waals surface area contributed by atoms with E-state index in [9.17, 15) is 19.5 Å². The number of hydrogen-bond acceptors (Lipinski definition) is 7. The van der Waals surface area contributed by atoms with Crippen LogP contribution in [0.3, 0.4) is 0 Å². The maximum absolute atomic E-state index is 12.6. The molecule has 0 aliphatic carbocycles. The van der Waals surface area contributed by atoms with E-state index in [4.69, 9.17) is 13.9 Å². The third-order valence-corrected chi connectivity index (χ3v) is 5.01. The van der Waals surface area contributed by atoms with Crippen LogP contribution in [-0.4, -0.2) is 32.1 Å². The van der Waals surface area contributed by atoms with Crippen molar-refractivity contribution in [1.82, 2.24) is 5.32 Å². The molecule has 0 bridgehead atoms. The molecule has 0 spiro atoms. The number of nitrogens with one attached hydrogen (secondary N) is 1. The van der Waals surface area contributed by atoms with Crippen LogP contribution in [0.5, 0.6) is 11.5 Å². The molecule has 1 heterocycles. The van der Waals surface area contributed by atoms with Gasteiger partial charge in [-0.1, -0.05) is 30.3 Å². The molecule has 0 fully saturated rings. The molecule has 0 aliphatic heterocycles. The van der Waals surface area contributed by atoms with E-state index in [2.05, 4.69) is 5.32 Å². The van der Waals surface area contributed by atoms with Gasteiger partial charge in [0.15, 0.2) is 0 Å². The van der Waals surface area contributed by atoms with Crippen LogP contribution in [0.2, 0.25) is 0 Å². The highest BCUT2D eigenvalue weighted by Crippen LogP contribution is 2.33. The van der Waals surface area contributed by atoms with Gasteiger partial charge in [0.1, 0.15) is 17.1 Å². The topological polar surface area (TPSA) is 118 Å². The van der Waals surface area contributed by atoms with E-state index in [-0.39, 0.29) is 24.0 Å². The molecule has 0 aliphatic rings. The number of fused-ring (bicyclic) bond motifs is 1. The van der Waals surface area contributed by atoms with E-state index in [1.165, 1.54) is 14.2 Å². The number of amides is 1. The summed E-state index contributed by atoms with van der Waals surface area (Å²) in [4.78, 5) is 36.6. The number of benzene rings is 2. The van der Waals surface area contributed by atoms with Gasteiger partial charge in [0, 0.05) is 12.1 Å². The number of carbonyl (C=O) groups excluding carboxylic acids is 2. The molecular weight excluding hydrogens is 402 g/mol. The van der Waals surface area contributed by atoms with Gasteiger partial charge < -0.3 is 29.1 Å². The zero-order valence-electron chi connectivity index (χ0n) is 17.4. The first-order valence-corrected chi connectivity index (χ1v) is 9.56. The molecule has 8 heteroatoms. The number of carbonyl (C=O) groups is 2. The number of carboxylic acid groups (broad SMARTS) is 1. The molecule has 3 aromatic rings. The highest BCUT2D eigenvalue weighted by molar-refractivity contribution is 5.91. The van der Waals surface area contributed by atoms with Crippen LogP contribution in [-0.2, 0) is 22.4 Å². The van der Waals surface area contributed by atoms with Gasteiger partial charge in [-0.3, -0.25) is 4.79 Å². The number of carboxylic acids is 1. The Kier molecular flexibility index (Phi) is 6.59. The normalized spacial score (nSPS) is 11.7. The predicted molar refractivity (Wildman–Crippen MR) is 111 cm³/mol. The van der Waals surface area contributed by atoms with E-state index in [1.807, 2.05) is 6.07 Å². The van der Waals surface area contributed by atoms with Crippen LogP contribution in [0.25, 0.3) is 11.0 Å². The molecule has 0 radical (unpaired) electrons. The van der Waals surface area contributed by atoms with Gasteiger partial charge in [0.25, 0.3) is 0 Å². The minimum Gasteiger partial charge on any atom is -0.548 e. The van der Waals surface area contributed by atoms with Gasteiger partial charge in [0.05, 0.1) is 43.6 Å². The van der Waals surface area contributed by atoms with Crippen molar-refractivity contribution in [1.29, 1.82) is 0 Å². The maximum Gasteiger partial charge on any atom is 0.340 e. The predicted octanol–water partition coefficient (Wildman–Crippen LogP) is 1.14. The van der Waals surface area contributed by atoms with E-state index >= 15 is 0 Å². The lowest BCUT2D eigenvalue weighted by Crippen LogP contribution is -2.49. The Morgan fingerprint density at radius 2 is 1.84 bits per heavy atom. The van der Waals surface area contributed by atoms with Gasteiger partial charge in [-0.2, -0.15) is 0 Å². The second-order valence-electron chi connectivity index (χ2n) is 7.00. The van der Waals surface area contributed by atoms with E-state index in [0.717, 1.165) is 5.56 Å². The van der Waals surface area contributed by atoms with Crippen molar-refractivity contribution in [2.24, 2.45) is 0 Å². The van der Waals surface area contributed by atoms with Crippen molar-refractivity contribution in [3.63, 3.8) is 0 Å². The molecular formula is C23H22NO7-. The summed E-state index contributed by atoms with van der Waals surface area (Å²) < 4.78 is 16.0. The van der Waals surface area contributed by atoms with Crippen molar-refractivity contribution >= 4 is 22.8 Å². The Hall–Kier alpha value is -3.81. The van der Waals surface area contributed by atoms with Crippen molar-refractivity contribution in [3.05, 3.63) is 69.6 Å². The first kappa shape index (κ1) is 21.9. The van der Waals surface area contributed by atoms with Crippen LogP contribution in [0.4, 0.5) is 0 Å². The second-order valence-corrected chi connectivity index (χ2v) is 7.00. The molecule has 0 saturated heterocycles. The second kappa shape index (κ2) is 9.34. The number of rotatable bonds is 8. The Balaban J connectivity index is 1.89. The summed E-state index contributed by atoms with van der Waals surface area (Å²) in [6, 6.07) is 10.8. The minimum absolute atomic E-state index is 0.0633. The van der Waals surface area contributed by atoms with Crippen molar-refractivity contribution < 1.29 is 28.6 Å². The van der Waals surface area contributed by atoms with Crippen LogP contribution in [0.15, 0.2) is 51.7 Å². The Bertz CT molecular complexity index is 1170. The Labute approximate surface area is 178 Å². The molecule has 1 N–H and O–H groups in total. The Morgan fingerprint density at radius 1 is 1.13 bits per heavy atom. The van der Waals surface area contributed by atoms with Gasteiger partial charge in [0.2, 0.25) is 5.91 Å². The summed E-state index contributed by atoms with van der Waals surface area (Å²) in [7, 11) is 2.95. The third kappa shape index (κ3) is 4.85. The van der Waals surface area contributed by atoms with Crippen LogP contribution in [0.1, 0.15) is 16.7 Å². The first-order valence-electron chi connectivity index (χ1n) is 9.56. The van der Waals surface area contributed by atoms with Crippen LogP contribution >= 0.6 is 0 Å². The maximum atomic E-state index is 12.6. The van der Waals surface area contributed by atoms with E-state index in [1.54, 1.807) is 43.3 Å². The monoisotopic (exact) mass is 424 g/mol. The van der Waals surface area contributed by atoms with Crippen LogP contribution in [0, 0.1) is 6.92 Å². The largest absolute Gasteiger partial charge is 0.548 e. The summed E-state index contributed by atoms with van der Waals surface area (Å²) in [5.74, 6) is -1.16. The zero-order chi connectivity index (χ0) is 22.5. The minimum atomic E-state index is -1.41. The van der Waals surface area contributed by atoms with Gasteiger partial charge in [-0.25, -0.2) is 4.79 Å². The molecule has 0 saturated carbocycles. The van der Waals surface area contributed by atoms with Crippen molar-refractivity contribution in [3.8, 4) is 11.5 Å². The summed E-state index contributed by atoms with van der Waals surface area (Å²) in [6.45, 7) is 1.68. The zero-order valence-corrected chi connectivity index (χ0v) is 17.4. The van der Waals surface area contributed by atoms with E-state index < -0.39 is 23.5 Å².